The minimum atomic E-state index is -0.904. The number of carbonyl (C=O) groups is 4. The monoisotopic (exact) mass is 622 g/mol. The quantitative estimate of drug-likeness (QED) is 0.134. The van der Waals surface area contributed by atoms with E-state index in [9.17, 15) is 29.4 Å². The number of allylic oxidation sites excluding steroid dienone is 6. The van der Waals surface area contributed by atoms with E-state index in [1.165, 1.54) is 0 Å². The maximum absolute atomic E-state index is 12.5. The molecule has 4 atom stereocenters. The molecule has 2 amide bonds. The molecule has 0 aromatic heterocycles. The molecule has 10 nitrogen and oxygen atoms in total. The molecule has 4 heterocycles. The second-order valence-corrected chi connectivity index (χ2v) is 12.2. The summed E-state index contributed by atoms with van der Waals surface area (Å²) in [5.41, 5.74) is 8.04. The number of rotatable bonds is 11. The number of carboxylic acids is 2. The van der Waals surface area contributed by atoms with Crippen molar-refractivity contribution in [2.75, 3.05) is 5.75 Å². The Hall–Kier alpha value is -3.99. The average molecular weight is 623 g/mol. The Morgan fingerprint density at radius 1 is 0.932 bits per heavy atom. The highest BCUT2D eigenvalue weighted by Gasteiger charge is 2.36. The van der Waals surface area contributed by atoms with Crippen molar-refractivity contribution >= 4 is 36.4 Å². The molecule has 44 heavy (non-hydrogen) atoms. The van der Waals surface area contributed by atoms with Crippen molar-refractivity contribution < 1.29 is 29.4 Å². The van der Waals surface area contributed by atoms with Gasteiger partial charge in [0.15, 0.2) is 0 Å². The van der Waals surface area contributed by atoms with Crippen LogP contribution in [0.4, 0.5) is 0 Å². The summed E-state index contributed by atoms with van der Waals surface area (Å²) in [5, 5.41) is 31.9. The summed E-state index contributed by atoms with van der Waals surface area (Å²) >= 11 is 4.39. The first-order valence-electron chi connectivity index (χ1n) is 15.0. The molecule has 0 radical (unpaired) electrons. The van der Waals surface area contributed by atoms with Crippen molar-refractivity contribution in [3.05, 3.63) is 80.7 Å². The van der Waals surface area contributed by atoms with Crippen molar-refractivity contribution in [2.45, 2.75) is 72.8 Å². The zero-order valence-electron chi connectivity index (χ0n) is 25.8. The van der Waals surface area contributed by atoms with Crippen LogP contribution in [0.5, 0.6) is 0 Å². The molecule has 11 heteroatoms. The van der Waals surface area contributed by atoms with Gasteiger partial charge in [-0.3, -0.25) is 19.2 Å². The molecule has 1 saturated heterocycles. The standard InChI is InChI=1S/C33H42N4O6S/c1-6-20-16(2)26(36-33(20)43)13-24-17(3)21(7-9-30(38)39)27(34-24)15-28-22(8-10-31(40)41)18(4)25(35-28)14-29-23(11-12-44)19(5)32(42)37-29/h6,13-15,17,19,23,25,34-35,44H,7-12H2,1-5H3,(H,36,43)(H,37,42)(H,38,39)(H,40,41)/b20-6-,24-13+,28-15-,29-14-/t17?,19-,23?,25?/m0/s1. The van der Waals surface area contributed by atoms with Gasteiger partial charge in [0.2, 0.25) is 5.91 Å². The third kappa shape index (κ3) is 6.88. The molecule has 0 spiro atoms. The van der Waals surface area contributed by atoms with E-state index in [1.54, 1.807) is 6.08 Å². The lowest BCUT2D eigenvalue weighted by Crippen LogP contribution is -2.24. The van der Waals surface area contributed by atoms with Gasteiger partial charge in [-0.15, -0.1) is 0 Å². The van der Waals surface area contributed by atoms with Crippen molar-refractivity contribution in [3.8, 4) is 0 Å². The minimum absolute atomic E-state index is 0.0217. The van der Waals surface area contributed by atoms with Crippen LogP contribution in [0.2, 0.25) is 0 Å². The first-order chi connectivity index (χ1) is 20.9. The smallest absolute Gasteiger partial charge is 0.303 e. The van der Waals surface area contributed by atoms with Crippen molar-refractivity contribution in [3.63, 3.8) is 0 Å². The number of aliphatic carboxylic acids is 2. The highest BCUT2D eigenvalue weighted by molar-refractivity contribution is 7.80. The van der Waals surface area contributed by atoms with E-state index in [0.717, 1.165) is 51.5 Å². The number of carbonyl (C=O) groups excluding carboxylic acids is 2. The van der Waals surface area contributed by atoms with E-state index in [2.05, 4.69) is 33.9 Å². The SMILES string of the molecule is C/C=C1\C(=O)NC(/C=C2/NC(/C=C3\NC(/C=C4\NC(=O)[C@@H](C)C4CCS)C(C)=C3CCC(=O)O)=C(CCC(=O)O)C2C)=C1C. The lowest BCUT2D eigenvalue weighted by molar-refractivity contribution is -0.138. The zero-order valence-corrected chi connectivity index (χ0v) is 26.7. The highest BCUT2D eigenvalue weighted by Crippen LogP contribution is 2.38. The van der Waals surface area contributed by atoms with Crippen LogP contribution >= 0.6 is 12.6 Å². The number of nitrogens with one attached hydrogen (secondary N) is 4. The predicted molar refractivity (Wildman–Crippen MR) is 171 cm³/mol. The Morgan fingerprint density at radius 3 is 2.23 bits per heavy atom. The number of amides is 2. The van der Waals surface area contributed by atoms with Crippen LogP contribution in [0, 0.1) is 17.8 Å². The molecule has 0 aliphatic carbocycles. The molecule has 0 aromatic carbocycles. The van der Waals surface area contributed by atoms with Crippen LogP contribution < -0.4 is 21.3 Å². The first kappa shape index (κ1) is 32.9. The second-order valence-electron chi connectivity index (χ2n) is 11.7. The predicted octanol–water partition coefficient (Wildman–Crippen LogP) is 4.20. The van der Waals surface area contributed by atoms with Gasteiger partial charge < -0.3 is 31.5 Å². The Balaban J connectivity index is 1.73. The molecule has 6 N–H and O–H groups in total. The van der Waals surface area contributed by atoms with Crippen LogP contribution in [-0.4, -0.2) is 45.8 Å². The molecule has 3 unspecified atom stereocenters. The molecule has 1 fully saturated rings. The molecule has 0 aromatic rings. The van der Waals surface area contributed by atoms with Gasteiger partial charge >= 0.3 is 11.9 Å². The van der Waals surface area contributed by atoms with E-state index in [-0.39, 0.29) is 48.5 Å². The number of thiol groups is 1. The van der Waals surface area contributed by atoms with Crippen molar-refractivity contribution in [1.29, 1.82) is 0 Å². The third-order valence-electron chi connectivity index (χ3n) is 9.04. The Labute approximate surface area is 263 Å². The summed E-state index contributed by atoms with van der Waals surface area (Å²) in [7, 11) is 0. The molecule has 4 rings (SSSR count). The number of carboxylic acid groups (broad SMARTS) is 2. The normalized spacial score (nSPS) is 29.0. The second kappa shape index (κ2) is 13.8. The Kier molecular flexibility index (Phi) is 10.3. The average Bonchev–Trinajstić information content (AvgIpc) is 3.60. The molecular formula is C33H42N4O6S. The molecular weight excluding hydrogens is 580 g/mol. The first-order valence-corrected chi connectivity index (χ1v) is 15.6. The summed E-state index contributed by atoms with van der Waals surface area (Å²) in [6.07, 6.45) is 8.90. The molecule has 0 saturated carbocycles. The molecule has 236 valence electrons. The van der Waals surface area contributed by atoms with E-state index in [0.29, 0.717) is 29.9 Å². The summed E-state index contributed by atoms with van der Waals surface area (Å²) < 4.78 is 0. The summed E-state index contributed by atoms with van der Waals surface area (Å²) in [6, 6.07) is -0.259. The molecule has 4 aliphatic rings. The van der Waals surface area contributed by atoms with Crippen LogP contribution in [0.1, 0.15) is 66.7 Å². The van der Waals surface area contributed by atoms with E-state index in [1.807, 2.05) is 52.8 Å². The maximum Gasteiger partial charge on any atom is 0.303 e. The molecule has 4 aliphatic heterocycles. The van der Waals surface area contributed by atoms with E-state index in [4.69, 9.17) is 0 Å². The molecule has 0 bridgehead atoms. The van der Waals surface area contributed by atoms with E-state index < -0.39 is 11.9 Å². The Morgan fingerprint density at radius 2 is 1.61 bits per heavy atom. The minimum Gasteiger partial charge on any atom is -0.481 e. The van der Waals surface area contributed by atoms with E-state index >= 15 is 0 Å². The van der Waals surface area contributed by atoms with Gasteiger partial charge in [-0.05, 0) is 86.3 Å². The number of hydrogen-bond donors (Lipinski definition) is 7. The zero-order chi connectivity index (χ0) is 32.3. The van der Waals surface area contributed by atoms with Gasteiger partial charge in [0.05, 0.1) is 6.04 Å². The van der Waals surface area contributed by atoms with Crippen LogP contribution in [-0.2, 0) is 19.2 Å². The summed E-state index contributed by atoms with van der Waals surface area (Å²) in [4.78, 5) is 48.0. The summed E-state index contributed by atoms with van der Waals surface area (Å²) in [6.45, 7) is 9.58. The van der Waals surface area contributed by atoms with Gasteiger partial charge in [0.1, 0.15) is 0 Å². The van der Waals surface area contributed by atoms with Gasteiger partial charge in [0.25, 0.3) is 5.91 Å². The van der Waals surface area contributed by atoms with Crippen LogP contribution in [0.25, 0.3) is 0 Å². The Bertz CT molecular complexity index is 1490. The van der Waals surface area contributed by atoms with Crippen LogP contribution in [0.15, 0.2) is 80.7 Å². The fourth-order valence-electron chi connectivity index (χ4n) is 6.35. The topological polar surface area (TPSA) is 157 Å². The maximum atomic E-state index is 12.5. The van der Waals surface area contributed by atoms with Gasteiger partial charge in [-0.2, -0.15) is 12.6 Å². The fourth-order valence-corrected chi connectivity index (χ4v) is 6.63. The third-order valence-corrected chi connectivity index (χ3v) is 9.30. The summed E-state index contributed by atoms with van der Waals surface area (Å²) in [5.74, 6) is -1.62. The lowest BCUT2D eigenvalue weighted by atomic mass is 9.91. The highest BCUT2D eigenvalue weighted by atomic mass is 32.1. The van der Waals surface area contributed by atoms with Crippen molar-refractivity contribution in [2.24, 2.45) is 17.8 Å². The van der Waals surface area contributed by atoms with Crippen LogP contribution in [0.3, 0.4) is 0 Å². The van der Waals surface area contributed by atoms with Crippen molar-refractivity contribution in [1.82, 2.24) is 21.3 Å². The lowest BCUT2D eigenvalue weighted by Gasteiger charge is -2.16. The van der Waals surface area contributed by atoms with Gasteiger partial charge in [-0.25, -0.2) is 0 Å². The number of hydrogen-bond acceptors (Lipinski definition) is 7. The fraction of sp³-hybridized carbons (Fsp3) is 0.455. The largest absolute Gasteiger partial charge is 0.481 e. The van der Waals surface area contributed by atoms with Gasteiger partial charge in [-0.1, -0.05) is 19.9 Å². The van der Waals surface area contributed by atoms with Gasteiger partial charge in [0, 0.05) is 64.7 Å².